The van der Waals surface area contributed by atoms with Crippen molar-refractivity contribution in [2.24, 2.45) is 0 Å². The molecular weight excluding hydrogens is 312 g/mol. The lowest BCUT2D eigenvalue weighted by molar-refractivity contribution is -0.117. The first-order valence-electron chi connectivity index (χ1n) is 8.48. The Balaban J connectivity index is 1.59. The molecule has 3 aromatic rings. The van der Waals surface area contributed by atoms with Gasteiger partial charge < -0.3 is 10.2 Å². The van der Waals surface area contributed by atoms with Crippen LogP contribution in [0.3, 0.4) is 0 Å². The zero-order valence-electron chi connectivity index (χ0n) is 14.4. The molecule has 4 rings (SSSR count). The molecule has 1 aliphatic rings. The molecule has 0 radical (unpaired) electrons. The summed E-state index contributed by atoms with van der Waals surface area (Å²) in [5, 5.41) is 4.28. The molecular formula is C20H20N4O. The maximum absolute atomic E-state index is 12.8. The fourth-order valence-corrected chi connectivity index (χ4v) is 3.25. The Morgan fingerprint density at radius 3 is 2.60 bits per heavy atom. The van der Waals surface area contributed by atoms with Gasteiger partial charge in [-0.2, -0.15) is 0 Å². The Labute approximate surface area is 146 Å². The molecule has 25 heavy (non-hydrogen) atoms. The molecule has 1 aliphatic heterocycles. The van der Waals surface area contributed by atoms with E-state index in [1.165, 1.54) is 11.9 Å². The van der Waals surface area contributed by atoms with E-state index in [4.69, 9.17) is 0 Å². The van der Waals surface area contributed by atoms with Gasteiger partial charge in [-0.25, -0.2) is 9.97 Å². The molecule has 2 aromatic carbocycles. The summed E-state index contributed by atoms with van der Waals surface area (Å²) >= 11 is 0. The number of aromatic nitrogens is 2. The van der Waals surface area contributed by atoms with Gasteiger partial charge in [-0.3, -0.25) is 4.79 Å². The van der Waals surface area contributed by atoms with Crippen molar-refractivity contribution in [1.82, 2.24) is 9.97 Å². The number of hydrogen-bond donors (Lipinski definition) is 1. The largest absolute Gasteiger partial charge is 0.358 e. The second-order valence-corrected chi connectivity index (χ2v) is 6.55. The normalized spacial score (nSPS) is 17.3. The molecule has 1 aromatic heterocycles. The van der Waals surface area contributed by atoms with Crippen molar-refractivity contribution < 1.29 is 4.79 Å². The molecule has 1 N–H and O–H groups in total. The standard InChI is InChI=1S/C20H20N4O/c1-13-3-6-15(7-4-13)24-10-9-18(20(24)25)23-19-16-11-14(2)5-8-17(16)21-12-22-19/h3-8,11-12,18H,9-10H2,1-2H3,(H,21,22,23). The minimum absolute atomic E-state index is 0.0864. The highest BCUT2D eigenvalue weighted by atomic mass is 16.2. The van der Waals surface area contributed by atoms with Crippen molar-refractivity contribution >= 4 is 28.3 Å². The summed E-state index contributed by atoms with van der Waals surface area (Å²) in [6.45, 7) is 4.79. The number of rotatable bonds is 3. The van der Waals surface area contributed by atoms with E-state index in [2.05, 4.69) is 21.4 Å². The molecule has 1 fully saturated rings. The molecule has 0 aliphatic carbocycles. The number of benzene rings is 2. The van der Waals surface area contributed by atoms with Gasteiger partial charge in [0.15, 0.2) is 0 Å². The van der Waals surface area contributed by atoms with Crippen LogP contribution in [0.25, 0.3) is 10.9 Å². The van der Waals surface area contributed by atoms with Gasteiger partial charge in [0, 0.05) is 17.6 Å². The zero-order chi connectivity index (χ0) is 17.4. The molecule has 1 unspecified atom stereocenters. The zero-order valence-corrected chi connectivity index (χ0v) is 14.4. The topological polar surface area (TPSA) is 58.1 Å². The molecule has 1 atom stereocenters. The maximum Gasteiger partial charge on any atom is 0.249 e. The number of nitrogens with zero attached hydrogens (tertiary/aromatic N) is 3. The number of hydrogen-bond acceptors (Lipinski definition) is 4. The fourth-order valence-electron chi connectivity index (χ4n) is 3.25. The lowest BCUT2D eigenvalue weighted by Crippen LogP contribution is -2.33. The Bertz CT molecular complexity index is 936. The number of aryl methyl sites for hydroxylation is 2. The van der Waals surface area contributed by atoms with Crippen molar-refractivity contribution in [1.29, 1.82) is 0 Å². The van der Waals surface area contributed by atoms with E-state index >= 15 is 0 Å². The van der Waals surface area contributed by atoms with Crippen LogP contribution >= 0.6 is 0 Å². The van der Waals surface area contributed by atoms with E-state index < -0.39 is 0 Å². The maximum atomic E-state index is 12.8. The molecule has 126 valence electrons. The average molecular weight is 332 g/mol. The van der Waals surface area contributed by atoms with E-state index in [1.807, 2.05) is 55.1 Å². The summed E-state index contributed by atoms with van der Waals surface area (Å²) < 4.78 is 0. The summed E-state index contributed by atoms with van der Waals surface area (Å²) in [6.07, 6.45) is 2.29. The fraction of sp³-hybridized carbons (Fsp3) is 0.250. The van der Waals surface area contributed by atoms with E-state index in [1.54, 1.807) is 0 Å². The highest BCUT2D eigenvalue weighted by Gasteiger charge is 2.33. The summed E-state index contributed by atoms with van der Waals surface area (Å²) in [6, 6.07) is 13.9. The van der Waals surface area contributed by atoms with Gasteiger partial charge in [0.25, 0.3) is 0 Å². The smallest absolute Gasteiger partial charge is 0.249 e. The van der Waals surface area contributed by atoms with Gasteiger partial charge >= 0.3 is 0 Å². The Hall–Kier alpha value is -2.95. The molecule has 5 heteroatoms. The molecule has 1 amide bonds. The summed E-state index contributed by atoms with van der Waals surface area (Å²) in [5.41, 5.74) is 4.16. The Morgan fingerprint density at radius 1 is 1.04 bits per heavy atom. The first kappa shape index (κ1) is 15.6. The van der Waals surface area contributed by atoms with E-state index in [9.17, 15) is 4.79 Å². The Kier molecular flexibility index (Phi) is 3.84. The van der Waals surface area contributed by atoms with Gasteiger partial charge in [-0.1, -0.05) is 29.3 Å². The van der Waals surface area contributed by atoms with Gasteiger partial charge in [0.1, 0.15) is 18.2 Å². The van der Waals surface area contributed by atoms with Crippen LogP contribution in [0.2, 0.25) is 0 Å². The molecule has 1 saturated heterocycles. The molecule has 0 saturated carbocycles. The highest BCUT2D eigenvalue weighted by molar-refractivity contribution is 6.02. The molecule has 5 nitrogen and oxygen atoms in total. The minimum Gasteiger partial charge on any atom is -0.358 e. The lowest BCUT2D eigenvalue weighted by atomic mass is 10.1. The predicted molar refractivity (Wildman–Crippen MR) is 99.8 cm³/mol. The first-order valence-corrected chi connectivity index (χ1v) is 8.48. The van der Waals surface area contributed by atoms with E-state index in [0.29, 0.717) is 6.54 Å². The van der Waals surface area contributed by atoms with Crippen LogP contribution in [-0.2, 0) is 4.79 Å². The summed E-state index contributed by atoms with van der Waals surface area (Å²) in [7, 11) is 0. The lowest BCUT2D eigenvalue weighted by Gasteiger charge is -2.18. The summed E-state index contributed by atoms with van der Waals surface area (Å²) in [5.74, 6) is 0.807. The van der Waals surface area contributed by atoms with Gasteiger partial charge in [-0.05, 0) is 44.5 Å². The highest BCUT2D eigenvalue weighted by Crippen LogP contribution is 2.26. The number of amides is 1. The SMILES string of the molecule is Cc1ccc(N2CCC(Nc3ncnc4ccc(C)cc34)C2=O)cc1. The number of anilines is 2. The van der Waals surface area contributed by atoms with Crippen LogP contribution in [0.1, 0.15) is 17.5 Å². The Morgan fingerprint density at radius 2 is 1.80 bits per heavy atom. The van der Waals surface area contributed by atoms with Crippen LogP contribution in [0.4, 0.5) is 11.5 Å². The van der Waals surface area contributed by atoms with Crippen molar-refractivity contribution in [2.45, 2.75) is 26.3 Å². The van der Waals surface area contributed by atoms with E-state index in [-0.39, 0.29) is 11.9 Å². The second kappa shape index (κ2) is 6.16. The first-order chi connectivity index (χ1) is 12.1. The van der Waals surface area contributed by atoms with Gasteiger partial charge in [0.05, 0.1) is 5.52 Å². The van der Waals surface area contributed by atoms with Crippen LogP contribution < -0.4 is 10.2 Å². The molecule has 0 spiro atoms. The molecule has 0 bridgehead atoms. The van der Waals surface area contributed by atoms with Crippen LogP contribution in [0.15, 0.2) is 48.8 Å². The third-order valence-electron chi connectivity index (χ3n) is 4.65. The number of carbonyl (C=O) groups excluding carboxylic acids is 1. The minimum atomic E-state index is -0.264. The monoisotopic (exact) mass is 332 g/mol. The quantitative estimate of drug-likeness (QED) is 0.798. The average Bonchev–Trinajstić information content (AvgIpc) is 2.97. The third-order valence-corrected chi connectivity index (χ3v) is 4.65. The van der Waals surface area contributed by atoms with Gasteiger partial charge in [0.2, 0.25) is 5.91 Å². The van der Waals surface area contributed by atoms with Crippen LogP contribution in [-0.4, -0.2) is 28.5 Å². The molecule has 2 heterocycles. The second-order valence-electron chi connectivity index (χ2n) is 6.55. The third kappa shape index (κ3) is 2.93. The van der Waals surface area contributed by atoms with Crippen molar-refractivity contribution in [3.05, 3.63) is 59.9 Å². The van der Waals surface area contributed by atoms with Crippen molar-refractivity contribution in [3.63, 3.8) is 0 Å². The summed E-state index contributed by atoms with van der Waals surface area (Å²) in [4.78, 5) is 23.3. The van der Waals surface area contributed by atoms with Gasteiger partial charge in [-0.15, -0.1) is 0 Å². The number of nitrogens with one attached hydrogen (secondary N) is 1. The number of carbonyl (C=O) groups is 1. The number of fused-ring (bicyclic) bond motifs is 1. The van der Waals surface area contributed by atoms with Crippen LogP contribution in [0, 0.1) is 13.8 Å². The van der Waals surface area contributed by atoms with Crippen LogP contribution in [0.5, 0.6) is 0 Å². The van der Waals surface area contributed by atoms with E-state index in [0.717, 1.165) is 34.4 Å². The predicted octanol–water partition coefficient (Wildman–Crippen LogP) is 3.46. The van der Waals surface area contributed by atoms with Crippen molar-refractivity contribution in [2.75, 3.05) is 16.8 Å². The van der Waals surface area contributed by atoms with Crippen molar-refractivity contribution in [3.8, 4) is 0 Å².